The van der Waals surface area contributed by atoms with E-state index in [-0.39, 0.29) is 5.91 Å². The van der Waals surface area contributed by atoms with Crippen molar-refractivity contribution in [2.24, 2.45) is 0 Å². The minimum atomic E-state index is -0.107. The van der Waals surface area contributed by atoms with E-state index in [1.54, 1.807) is 19.3 Å². The van der Waals surface area contributed by atoms with Crippen LogP contribution < -0.4 is 9.47 Å². The van der Waals surface area contributed by atoms with Gasteiger partial charge >= 0.3 is 0 Å². The molecular formula is C16H16BrNO3S2. The van der Waals surface area contributed by atoms with Crippen LogP contribution in [0.4, 0.5) is 0 Å². The standard InChI is InChI=1S/C16H16BrNO3S2/c1-4-6-18-15(19)13(23-16(18)22)9-10-7-11(17)14(20-3)12(8-10)21-5-2/h4,7-9H,1,5-6H2,2-3H3/b13-9-. The lowest BCUT2D eigenvalue weighted by Gasteiger charge is -2.12. The van der Waals surface area contributed by atoms with E-state index in [0.717, 1.165) is 10.0 Å². The van der Waals surface area contributed by atoms with Crippen LogP contribution in [0, 0.1) is 0 Å². The predicted molar refractivity (Wildman–Crippen MR) is 102 cm³/mol. The van der Waals surface area contributed by atoms with Gasteiger partial charge in [-0.15, -0.1) is 6.58 Å². The van der Waals surface area contributed by atoms with Crippen molar-refractivity contribution >= 4 is 56.2 Å². The Hall–Kier alpha value is -1.31. The average Bonchev–Trinajstić information content (AvgIpc) is 2.75. The van der Waals surface area contributed by atoms with Crippen LogP contribution >= 0.6 is 39.9 Å². The molecule has 0 N–H and O–H groups in total. The van der Waals surface area contributed by atoms with E-state index in [1.807, 2.05) is 19.1 Å². The van der Waals surface area contributed by atoms with Gasteiger partial charge in [-0.1, -0.05) is 30.1 Å². The fraction of sp³-hybridized carbons (Fsp3) is 0.250. The van der Waals surface area contributed by atoms with Gasteiger partial charge in [0.25, 0.3) is 5.91 Å². The van der Waals surface area contributed by atoms with Crippen molar-refractivity contribution in [3.63, 3.8) is 0 Å². The Morgan fingerprint density at radius 1 is 1.48 bits per heavy atom. The Labute approximate surface area is 153 Å². The SMILES string of the molecule is C=CCN1C(=O)/C(=C/c2cc(Br)c(OC)c(OCC)c2)SC1=S. The highest BCUT2D eigenvalue weighted by Gasteiger charge is 2.31. The topological polar surface area (TPSA) is 38.8 Å². The Kier molecular flexibility index (Phi) is 6.26. The van der Waals surface area contributed by atoms with Crippen molar-refractivity contribution in [2.75, 3.05) is 20.3 Å². The van der Waals surface area contributed by atoms with Gasteiger partial charge in [0.2, 0.25) is 0 Å². The highest BCUT2D eigenvalue weighted by molar-refractivity contribution is 9.10. The summed E-state index contributed by atoms with van der Waals surface area (Å²) in [6.07, 6.45) is 3.46. The number of amides is 1. The number of rotatable bonds is 6. The molecule has 1 aromatic carbocycles. The normalized spacial score (nSPS) is 16.1. The van der Waals surface area contributed by atoms with Crippen LogP contribution in [0.2, 0.25) is 0 Å². The third-order valence-corrected chi connectivity index (χ3v) is 4.99. The van der Waals surface area contributed by atoms with Crippen molar-refractivity contribution in [1.29, 1.82) is 0 Å². The molecule has 0 saturated carbocycles. The van der Waals surface area contributed by atoms with Gasteiger partial charge in [0.1, 0.15) is 4.32 Å². The van der Waals surface area contributed by atoms with Crippen molar-refractivity contribution in [3.05, 3.63) is 39.7 Å². The maximum absolute atomic E-state index is 12.4. The summed E-state index contributed by atoms with van der Waals surface area (Å²) in [7, 11) is 1.59. The highest BCUT2D eigenvalue weighted by Crippen LogP contribution is 2.39. The second-order valence-corrected chi connectivity index (χ2v) is 7.08. The number of thiocarbonyl (C=S) groups is 1. The van der Waals surface area contributed by atoms with Crippen LogP contribution in [0.3, 0.4) is 0 Å². The van der Waals surface area contributed by atoms with E-state index in [1.165, 1.54) is 16.7 Å². The molecular weight excluding hydrogens is 398 g/mol. The third kappa shape index (κ3) is 3.97. The van der Waals surface area contributed by atoms with Crippen LogP contribution in [-0.4, -0.2) is 35.4 Å². The molecule has 0 aromatic heterocycles. The quantitative estimate of drug-likeness (QED) is 0.396. The first-order valence-corrected chi connectivity index (χ1v) is 8.90. The highest BCUT2D eigenvalue weighted by atomic mass is 79.9. The number of hydrogen-bond acceptors (Lipinski definition) is 5. The lowest BCUT2D eigenvalue weighted by Crippen LogP contribution is -2.27. The summed E-state index contributed by atoms with van der Waals surface area (Å²) < 4.78 is 12.2. The number of carbonyl (C=O) groups is 1. The molecule has 1 saturated heterocycles. The lowest BCUT2D eigenvalue weighted by atomic mass is 10.2. The van der Waals surface area contributed by atoms with Crippen molar-refractivity contribution in [2.45, 2.75) is 6.92 Å². The van der Waals surface area contributed by atoms with Crippen molar-refractivity contribution < 1.29 is 14.3 Å². The van der Waals surface area contributed by atoms with E-state index < -0.39 is 0 Å². The predicted octanol–water partition coefficient (Wildman–Crippen LogP) is 4.24. The largest absolute Gasteiger partial charge is 0.492 e. The molecule has 0 atom stereocenters. The van der Waals surface area contributed by atoms with E-state index >= 15 is 0 Å². The minimum Gasteiger partial charge on any atom is -0.492 e. The van der Waals surface area contributed by atoms with Gasteiger partial charge in [-0.3, -0.25) is 9.69 Å². The molecule has 2 rings (SSSR count). The van der Waals surface area contributed by atoms with E-state index in [9.17, 15) is 4.79 Å². The number of carbonyl (C=O) groups excluding carboxylic acids is 1. The fourth-order valence-electron chi connectivity index (χ4n) is 2.07. The van der Waals surface area contributed by atoms with Crippen LogP contribution in [0.25, 0.3) is 6.08 Å². The average molecular weight is 414 g/mol. The molecule has 0 unspecified atom stereocenters. The Morgan fingerprint density at radius 2 is 2.22 bits per heavy atom. The molecule has 0 spiro atoms. The zero-order valence-corrected chi connectivity index (χ0v) is 16.0. The molecule has 1 heterocycles. The van der Waals surface area contributed by atoms with Gasteiger partial charge in [0.05, 0.1) is 23.1 Å². The number of benzene rings is 1. The van der Waals surface area contributed by atoms with Crippen LogP contribution in [-0.2, 0) is 4.79 Å². The number of halogens is 1. The van der Waals surface area contributed by atoms with Crippen molar-refractivity contribution in [1.82, 2.24) is 4.90 Å². The number of hydrogen-bond donors (Lipinski definition) is 0. The molecule has 1 amide bonds. The summed E-state index contributed by atoms with van der Waals surface area (Å²) in [6.45, 7) is 6.49. The molecule has 7 heteroatoms. The molecule has 122 valence electrons. The van der Waals surface area contributed by atoms with E-state index in [4.69, 9.17) is 21.7 Å². The van der Waals surface area contributed by atoms with E-state index in [2.05, 4.69) is 22.5 Å². The maximum atomic E-state index is 12.4. The summed E-state index contributed by atoms with van der Waals surface area (Å²) in [5.74, 6) is 1.14. The van der Waals surface area contributed by atoms with Crippen LogP contribution in [0.5, 0.6) is 11.5 Å². The Morgan fingerprint density at radius 3 is 2.83 bits per heavy atom. The Balaban J connectivity index is 2.38. The minimum absolute atomic E-state index is 0.107. The first-order valence-electron chi connectivity index (χ1n) is 6.88. The monoisotopic (exact) mass is 413 g/mol. The van der Waals surface area contributed by atoms with Gasteiger partial charge in [-0.2, -0.15) is 0 Å². The zero-order valence-electron chi connectivity index (χ0n) is 12.8. The van der Waals surface area contributed by atoms with Crippen LogP contribution in [0.15, 0.2) is 34.2 Å². The number of ether oxygens (including phenoxy) is 2. The summed E-state index contributed by atoms with van der Waals surface area (Å²) >= 11 is 9.99. The fourth-order valence-corrected chi connectivity index (χ4v) is 3.97. The van der Waals surface area contributed by atoms with E-state index in [0.29, 0.717) is 33.9 Å². The number of thioether (sulfide) groups is 1. The molecule has 1 aromatic rings. The van der Waals surface area contributed by atoms with Gasteiger partial charge in [0, 0.05) is 6.54 Å². The molecule has 1 fully saturated rings. The van der Waals surface area contributed by atoms with Crippen LogP contribution in [0.1, 0.15) is 12.5 Å². The first kappa shape index (κ1) is 18.0. The molecule has 1 aliphatic rings. The second kappa shape index (κ2) is 7.99. The lowest BCUT2D eigenvalue weighted by molar-refractivity contribution is -0.121. The Bertz CT molecular complexity index is 688. The number of nitrogens with zero attached hydrogens (tertiary/aromatic N) is 1. The van der Waals surface area contributed by atoms with Gasteiger partial charge in [-0.25, -0.2) is 0 Å². The van der Waals surface area contributed by atoms with Gasteiger partial charge < -0.3 is 9.47 Å². The zero-order chi connectivity index (χ0) is 17.0. The summed E-state index contributed by atoms with van der Waals surface area (Å²) in [5, 5.41) is 0. The second-order valence-electron chi connectivity index (χ2n) is 4.55. The molecule has 23 heavy (non-hydrogen) atoms. The molecule has 0 bridgehead atoms. The molecule has 0 aliphatic carbocycles. The summed E-state index contributed by atoms with van der Waals surface area (Å²) in [4.78, 5) is 14.5. The number of methoxy groups -OCH3 is 1. The first-order chi connectivity index (χ1) is 11.0. The molecule has 1 aliphatic heterocycles. The smallest absolute Gasteiger partial charge is 0.266 e. The molecule has 0 radical (unpaired) electrons. The maximum Gasteiger partial charge on any atom is 0.266 e. The van der Waals surface area contributed by atoms with Gasteiger partial charge in [-0.05, 0) is 46.6 Å². The third-order valence-electron chi connectivity index (χ3n) is 3.02. The van der Waals surface area contributed by atoms with Crippen molar-refractivity contribution in [3.8, 4) is 11.5 Å². The summed E-state index contributed by atoms with van der Waals surface area (Å²) in [6, 6.07) is 3.72. The van der Waals surface area contributed by atoms with Gasteiger partial charge in [0.15, 0.2) is 11.5 Å². The molecule has 4 nitrogen and oxygen atoms in total. The summed E-state index contributed by atoms with van der Waals surface area (Å²) in [5.41, 5.74) is 0.834.